The van der Waals surface area contributed by atoms with Crippen LogP contribution in [-0.2, 0) is 9.59 Å². The Hall–Kier alpha value is -1.17. The summed E-state index contributed by atoms with van der Waals surface area (Å²) in [6.45, 7) is 4.69. The molecule has 1 unspecified atom stereocenters. The fourth-order valence-electron chi connectivity index (χ4n) is 0.821. The minimum Gasteiger partial charge on any atom is -0.395 e. The first-order chi connectivity index (χ1) is 6.78. The quantitative estimate of drug-likeness (QED) is 0.551. The van der Waals surface area contributed by atoms with Crippen molar-refractivity contribution in [3.63, 3.8) is 0 Å². The Kier molecular flexibility index (Phi) is 5.21. The van der Waals surface area contributed by atoms with Gasteiger partial charge in [-0.25, -0.2) is 4.39 Å². The van der Waals surface area contributed by atoms with Crippen molar-refractivity contribution in [1.82, 2.24) is 10.6 Å². The standard InChI is InChI=1S/C9H17FN2O3/c1-9(2,3)12-8(15)6(10)7(14)11-4-5-13/h6,13H,4-5H2,1-3H3,(H,11,14)(H,12,15). The Labute approximate surface area is 88.0 Å². The number of hydrogen-bond donors (Lipinski definition) is 3. The highest BCUT2D eigenvalue weighted by Crippen LogP contribution is 2.01. The minimum absolute atomic E-state index is 0.0674. The lowest BCUT2D eigenvalue weighted by molar-refractivity contribution is -0.137. The lowest BCUT2D eigenvalue weighted by Gasteiger charge is -2.21. The van der Waals surface area contributed by atoms with Crippen LogP contribution < -0.4 is 10.6 Å². The van der Waals surface area contributed by atoms with Crippen LogP contribution in [0.3, 0.4) is 0 Å². The zero-order valence-electron chi connectivity index (χ0n) is 9.13. The summed E-state index contributed by atoms with van der Waals surface area (Å²) in [6.07, 6.45) is -2.24. The van der Waals surface area contributed by atoms with Crippen molar-refractivity contribution in [3.05, 3.63) is 0 Å². The van der Waals surface area contributed by atoms with Gasteiger partial charge in [0.2, 0.25) is 0 Å². The van der Waals surface area contributed by atoms with E-state index in [0.29, 0.717) is 0 Å². The van der Waals surface area contributed by atoms with E-state index >= 15 is 0 Å². The highest BCUT2D eigenvalue weighted by Gasteiger charge is 2.28. The third-order valence-corrected chi connectivity index (χ3v) is 1.37. The van der Waals surface area contributed by atoms with Crippen LogP contribution in [-0.4, -0.2) is 41.8 Å². The summed E-state index contributed by atoms with van der Waals surface area (Å²) in [5, 5.41) is 12.8. The second kappa shape index (κ2) is 5.65. The molecule has 0 aliphatic rings. The van der Waals surface area contributed by atoms with E-state index in [-0.39, 0.29) is 13.2 Å². The van der Waals surface area contributed by atoms with Crippen LogP contribution in [0.5, 0.6) is 0 Å². The topological polar surface area (TPSA) is 78.4 Å². The molecule has 0 saturated heterocycles. The van der Waals surface area contributed by atoms with Crippen molar-refractivity contribution in [1.29, 1.82) is 0 Å². The first-order valence-corrected chi connectivity index (χ1v) is 4.62. The SMILES string of the molecule is CC(C)(C)NC(=O)C(F)C(=O)NCCO. The molecule has 2 amide bonds. The van der Waals surface area contributed by atoms with Crippen LogP contribution in [0.1, 0.15) is 20.8 Å². The molecule has 0 rings (SSSR count). The Morgan fingerprint density at radius 2 is 1.87 bits per heavy atom. The fourth-order valence-corrected chi connectivity index (χ4v) is 0.821. The largest absolute Gasteiger partial charge is 0.395 e. The summed E-state index contributed by atoms with van der Waals surface area (Å²) in [5.74, 6) is -2.01. The molecule has 0 saturated carbocycles. The predicted molar refractivity (Wildman–Crippen MR) is 52.9 cm³/mol. The molecule has 0 aromatic rings. The average molecular weight is 220 g/mol. The second-order valence-corrected chi connectivity index (χ2v) is 4.12. The van der Waals surface area contributed by atoms with Crippen LogP contribution in [0.15, 0.2) is 0 Å². The smallest absolute Gasteiger partial charge is 0.264 e. The molecule has 0 aromatic carbocycles. The number of aliphatic hydroxyl groups excluding tert-OH is 1. The van der Waals surface area contributed by atoms with Gasteiger partial charge >= 0.3 is 0 Å². The number of carbonyl (C=O) groups excluding carboxylic acids is 2. The number of halogens is 1. The number of nitrogens with one attached hydrogen (secondary N) is 2. The summed E-state index contributed by atoms with van der Waals surface area (Å²) in [5.41, 5.74) is -0.585. The van der Waals surface area contributed by atoms with E-state index in [9.17, 15) is 14.0 Å². The molecular weight excluding hydrogens is 203 g/mol. The number of alkyl halides is 1. The third kappa shape index (κ3) is 6.01. The molecule has 0 spiro atoms. The number of aliphatic hydroxyl groups is 1. The van der Waals surface area contributed by atoms with Crippen LogP contribution in [0.2, 0.25) is 0 Å². The molecule has 15 heavy (non-hydrogen) atoms. The lowest BCUT2D eigenvalue weighted by Crippen LogP contribution is -2.49. The van der Waals surface area contributed by atoms with Crippen molar-refractivity contribution in [2.45, 2.75) is 32.5 Å². The van der Waals surface area contributed by atoms with Crippen molar-refractivity contribution in [2.24, 2.45) is 0 Å². The van der Waals surface area contributed by atoms with E-state index in [1.165, 1.54) is 0 Å². The summed E-state index contributed by atoms with van der Waals surface area (Å²) in [7, 11) is 0. The zero-order chi connectivity index (χ0) is 12.1. The summed E-state index contributed by atoms with van der Waals surface area (Å²) < 4.78 is 13.1. The zero-order valence-corrected chi connectivity index (χ0v) is 9.13. The summed E-state index contributed by atoms with van der Waals surface area (Å²) in [6, 6.07) is 0. The van der Waals surface area contributed by atoms with Gasteiger partial charge in [-0.05, 0) is 20.8 Å². The van der Waals surface area contributed by atoms with Crippen molar-refractivity contribution in [2.75, 3.05) is 13.2 Å². The highest BCUT2D eigenvalue weighted by atomic mass is 19.1. The van der Waals surface area contributed by atoms with Crippen LogP contribution in [0.4, 0.5) is 4.39 Å². The van der Waals surface area contributed by atoms with E-state index in [0.717, 1.165) is 0 Å². The molecule has 0 aliphatic carbocycles. The van der Waals surface area contributed by atoms with Gasteiger partial charge in [0.05, 0.1) is 6.61 Å². The van der Waals surface area contributed by atoms with Crippen LogP contribution in [0, 0.1) is 0 Å². The van der Waals surface area contributed by atoms with Gasteiger partial charge in [-0.1, -0.05) is 0 Å². The molecule has 0 radical (unpaired) electrons. The van der Waals surface area contributed by atoms with Crippen molar-refractivity contribution in [3.8, 4) is 0 Å². The molecule has 88 valence electrons. The monoisotopic (exact) mass is 220 g/mol. The summed E-state index contributed by atoms with van der Waals surface area (Å²) >= 11 is 0. The van der Waals surface area contributed by atoms with E-state index in [4.69, 9.17) is 5.11 Å². The normalized spacial score (nSPS) is 13.1. The molecule has 0 aromatic heterocycles. The van der Waals surface area contributed by atoms with Crippen molar-refractivity contribution < 1.29 is 19.1 Å². The Morgan fingerprint density at radius 1 is 1.33 bits per heavy atom. The van der Waals surface area contributed by atoms with E-state index < -0.39 is 23.5 Å². The van der Waals surface area contributed by atoms with Gasteiger partial charge < -0.3 is 15.7 Å². The van der Waals surface area contributed by atoms with Gasteiger partial charge in [-0.3, -0.25) is 9.59 Å². The first kappa shape index (κ1) is 13.8. The molecule has 3 N–H and O–H groups in total. The molecule has 0 fully saturated rings. The van der Waals surface area contributed by atoms with Gasteiger partial charge in [0.1, 0.15) is 0 Å². The molecule has 0 aliphatic heterocycles. The highest BCUT2D eigenvalue weighted by molar-refractivity contribution is 6.03. The Morgan fingerprint density at radius 3 is 2.27 bits per heavy atom. The van der Waals surface area contributed by atoms with Crippen LogP contribution in [0.25, 0.3) is 0 Å². The Balaban J connectivity index is 4.14. The molecule has 0 bridgehead atoms. The molecule has 6 heteroatoms. The maximum Gasteiger partial charge on any atom is 0.264 e. The van der Waals surface area contributed by atoms with Crippen LogP contribution >= 0.6 is 0 Å². The fraction of sp³-hybridized carbons (Fsp3) is 0.778. The van der Waals surface area contributed by atoms with Gasteiger partial charge in [0, 0.05) is 12.1 Å². The third-order valence-electron chi connectivity index (χ3n) is 1.37. The maximum absolute atomic E-state index is 13.1. The predicted octanol–water partition coefficient (Wildman–Crippen LogP) is -0.652. The van der Waals surface area contributed by atoms with E-state index in [1.807, 2.05) is 0 Å². The average Bonchev–Trinajstić information content (AvgIpc) is 2.10. The van der Waals surface area contributed by atoms with Crippen molar-refractivity contribution >= 4 is 11.8 Å². The summed E-state index contributed by atoms with van der Waals surface area (Å²) in [4.78, 5) is 22.1. The molecular formula is C9H17FN2O3. The second-order valence-electron chi connectivity index (χ2n) is 4.12. The van der Waals surface area contributed by atoms with E-state index in [1.54, 1.807) is 20.8 Å². The maximum atomic E-state index is 13.1. The lowest BCUT2D eigenvalue weighted by atomic mass is 10.1. The van der Waals surface area contributed by atoms with E-state index in [2.05, 4.69) is 10.6 Å². The minimum atomic E-state index is -2.24. The number of carbonyl (C=O) groups is 2. The van der Waals surface area contributed by atoms with Gasteiger partial charge in [0.15, 0.2) is 0 Å². The first-order valence-electron chi connectivity index (χ1n) is 4.62. The Bertz CT molecular complexity index is 238. The molecule has 1 atom stereocenters. The van der Waals surface area contributed by atoms with Gasteiger partial charge in [-0.2, -0.15) is 0 Å². The number of hydrogen-bond acceptors (Lipinski definition) is 3. The molecule has 5 nitrogen and oxygen atoms in total. The number of amides is 2. The molecule has 0 heterocycles. The van der Waals surface area contributed by atoms with Gasteiger partial charge in [0.25, 0.3) is 18.0 Å². The van der Waals surface area contributed by atoms with Gasteiger partial charge in [-0.15, -0.1) is 0 Å². The number of rotatable bonds is 4.